The zero-order valence-corrected chi connectivity index (χ0v) is 11.1. The Balaban J connectivity index is 1.90. The van der Waals surface area contributed by atoms with Gasteiger partial charge in [0.2, 0.25) is 0 Å². The van der Waals surface area contributed by atoms with Crippen LogP contribution in [0, 0.1) is 0 Å². The number of morpholine rings is 1. The minimum absolute atomic E-state index is 0.162. The van der Waals surface area contributed by atoms with Crippen molar-refractivity contribution in [3.63, 3.8) is 0 Å². The number of carboxylic acid groups (broad SMARTS) is 1. The number of carbonyl (C=O) groups excluding carboxylic acids is 2. The lowest BCUT2D eigenvalue weighted by atomic mass is 10.2. The second-order valence-electron chi connectivity index (χ2n) is 4.38. The van der Waals surface area contributed by atoms with Gasteiger partial charge in [0.1, 0.15) is 6.10 Å². The largest absolute Gasteiger partial charge is 0.481 e. The first-order valence-corrected chi connectivity index (χ1v) is 6.33. The number of hydrogen-bond donors (Lipinski definition) is 3. The minimum atomic E-state index is -1.14. The number of hydrazine groups is 1. The van der Waals surface area contributed by atoms with Gasteiger partial charge in [-0.15, -0.1) is 0 Å². The monoisotopic (exact) mass is 293 g/mol. The predicted octanol–water partition coefficient (Wildman–Crippen LogP) is 0.425. The van der Waals surface area contributed by atoms with Crippen molar-refractivity contribution >= 4 is 23.6 Å². The topological polar surface area (TPSA) is 108 Å². The zero-order valence-electron chi connectivity index (χ0n) is 11.1. The number of hydrogen-bond acceptors (Lipinski definition) is 4. The highest BCUT2D eigenvalue weighted by Crippen LogP contribution is 2.09. The number of nitrogens with one attached hydrogen (secondary N) is 2. The molecule has 3 N–H and O–H groups in total. The summed E-state index contributed by atoms with van der Waals surface area (Å²) in [5, 5.41) is 12.3. The van der Waals surface area contributed by atoms with Gasteiger partial charge in [-0.05, 0) is 12.1 Å². The molecule has 2 rings (SSSR count). The molecule has 112 valence electrons. The van der Waals surface area contributed by atoms with Gasteiger partial charge >= 0.3 is 12.0 Å². The number of urea groups is 1. The van der Waals surface area contributed by atoms with Crippen LogP contribution in [0.2, 0.25) is 0 Å². The van der Waals surface area contributed by atoms with Gasteiger partial charge in [0.05, 0.1) is 19.6 Å². The molecule has 0 unspecified atom stereocenters. The first-order valence-electron chi connectivity index (χ1n) is 6.33. The molecule has 1 aromatic carbocycles. The van der Waals surface area contributed by atoms with Crippen LogP contribution in [-0.4, -0.2) is 47.3 Å². The van der Waals surface area contributed by atoms with Crippen LogP contribution in [0.5, 0.6) is 0 Å². The molecule has 1 aromatic rings. The highest BCUT2D eigenvalue weighted by molar-refractivity contribution is 5.92. The third-order valence-electron chi connectivity index (χ3n) is 2.80. The number of anilines is 1. The first kappa shape index (κ1) is 14.8. The standard InChI is InChI=1S/C13H15N3O5/c17-11(18)8-10-12(19)16(6-7-21-10)15-13(20)14-9-4-2-1-3-5-9/h1-5,10H,6-8H2,(H,17,18)(H2,14,15,20)/t10-/m1/s1. The summed E-state index contributed by atoms with van der Waals surface area (Å²) < 4.78 is 5.09. The molecule has 1 heterocycles. The molecule has 21 heavy (non-hydrogen) atoms. The van der Waals surface area contributed by atoms with Crippen LogP contribution in [0.4, 0.5) is 10.5 Å². The highest BCUT2D eigenvalue weighted by atomic mass is 16.5. The Morgan fingerprint density at radius 2 is 2.05 bits per heavy atom. The Hall–Kier alpha value is -2.61. The van der Waals surface area contributed by atoms with E-state index < -0.39 is 30.4 Å². The number of amides is 3. The lowest BCUT2D eigenvalue weighted by Crippen LogP contribution is -2.56. The molecule has 0 bridgehead atoms. The van der Waals surface area contributed by atoms with E-state index in [-0.39, 0.29) is 13.2 Å². The van der Waals surface area contributed by atoms with Crippen LogP contribution in [0.3, 0.4) is 0 Å². The fourth-order valence-electron chi connectivity index (χ4n) is 1.86. The van der Waals surface area contributed by atoms with E-state index in [0.717, 1.165) is 5.01 Å². The SMILES string of the molecule is O=C(O)C[C@H]1OCCN(NC(=O)Nc2ccccc2)C1=O. The number of aliphatic carboxylic acids is 1. The number of rotatable bonds is 4. The number of ether oxygens (including phenoxy) is 1. The van der Waals surface area contributed by atoms with Crippen molar-refractivity contribution in [2.45, 2.75) is 12.5 Å². The zero-order chi connectivity index (χ0) is 15.2. The summed E-state index contributed by atoms with van der Waals surface area (Å²) in [6.07, 6.45) is -1.51. The van der Waals surface area contributed by atoms with E-state index in [1.165, 1.54) is 0 Å². The minimum Gasteiger partial charge on any atom is -0.481 e. The lowest BCUT2D eigenvalue weighted by Gasteiger charge is -2.31. The van der Waals surface area contributed by atoms with Crippen molar-refractivity contribution in [1.82, 2.24) is 10.4 Å². The van der Waals surface area contributed by atoms with E-state index in [2.05, 4.69) is 10.7 Å². The van der Waals surface area contributed by atoms with Crippen molar-refractivity contribution in [3.05, 3.63) is 30.3 Å². The van der Waals surface area contributed by atoms with Gasteiger partial charge < -0.3 is 15.2 Å². The second kappa shape index (κ2) is 6.71. The summed E-state index contributed by atoms with van der Waals surface area (Å²) in [6.45, 7) is 0.326. The van der Waals surface area contributed by atoms with E-state index in [4.69, 9.17) is 9.84 Å². The molecule has 0 saturated carbocycles. The maximum absolute atomic E-state index is 11.9. The average Bonchev–Trinajstić information content (AvgIpc) is 2.44. The van der Waals surface area contributed by atoms with Crippen molar-refractivity contribution in [1.29, 1.82) is 0 Å². The van der Waals surface area contributed by atoms with Gasteiger partial charge in [-0.2, -0.15) is 0 Å². The molecule has 1 aliphatic heterocycles. The Morgan fingerprint density at radius 1 is 1.33 bits per heavy atom. The van der Waals surface area contributed by atoms with Crippen LogP contribution in [0.25, 0.3) is 0 Å². The Morgan fingerprint density at radius 3 is 2.71 bits per heavy atom. The molecule has 1 fully saturated rings. The fraction of sp³-hybridized carbons (Fsp3) is 0.308. The van der Waals surface area contributed by atoms with Crippen LogP contribution in [-0.2, 0) is 14.3 Å². The van der Waals surface area contributed by atoms with Gasteiger partial charge in [0.15, 0.2) is 0 Å². The summed E-state index contributed by atoms with van der Waals surface area (Å²) in [7, 11) is 0. The Bertz CT molecular complexity index is 534. The number of carbonyl (C=O) groups is 3. The number of nitrogens with zero attached hydrogens (tertiary/aromatic N) is 1. The molecule has 1 atom stereocenters. The predicted molar refractivity (Wildman–Crippen MR) is 72.3 cm³/mol. The molecule has 0 aliphatic carbocycles. The normalized spacial score (nSPS) is 18.2. The molecule has 0 aromatic heterocycles. The average molecular weight is 293 g/mol. The molecule has 1 aliphatic rings. The summed E-state index contributed by atoms with van der Waals surface area (Å²) in [5.74, 6) is -1.71. The van der Waals surface area contributed by atoms with Crippen molar-refractivity contribution in [2.75, 3.05) is 18.5 Å². The summed E-state index contributed by atoms with van der Waals surface area (Å²) in [5.41, 5.74) is 2.96. The summed E-state index contributed by atoms with van der Waals surface area (Å²) in [4.78, 5) is 34.4. The van der Waals surface area contributed by atoms with E-state index in [1.807, 2.05) is 6.07 Å². The maximum Gasteiger partial charge on any atom is 0.338 e. The van der Waals surface area contributed by atoms with E-state index in [0.29, 0.717) is 5.69 Å². The molecular formula is C13H15N3O5. The van der Waals surface area contributed by atoms with Gasteiger partial charge in [-0.3, -0.25) is 9.59 Å². The Labute approximate surface area is 120 Å². The Kier molecular flexibility index (Phi) is 4.72. The van der Waals surface area contributed by atoms with E-state index >= 15 is 0 Å². The molecule has 0 spiro atoms. The third kappa shape index (κ3) is 4.18. The molecular weight excluding hydrogens is 278 g/mol. The van der Waals surface area contributed by atoms with Gasteiger partial charge in [0.25, 0.3) is 5.91 Å². The molecule has 0 radical (unpaired) electrons. The lowest BCUT2D eigenvalue weighted by molar-refractivity contribution is -0.161. The molecule has 8 nitrogen and oxygen atoms in total. The van der Waals surface area contributed by atoms with Crippen molar-refractivity contribution < 1.29 is 24.2 Å². The number of carboxylic acids is 1. The van der Waals surface area contributed by atoms with Gasteiger partial charge in [-0.1, -0.05) is 18.2 Å². The molecule has 8 heteroatoms. The smallest absolute Gasteiger partial charge is 0.338 e. The van der Waals surface area contributed by atoms with Crippen molar-refractivity contribution in [3.8, 4) is 0 Å². The van der Waals surface area contributed by atoms with E-state index in [9.17, 15) is 14.4 Å². The number of para-hydroxylation sites is 1. The summed E-state index contributed by atoms with van der Waals surface area (Å²) >= 11 is 0. The van der Waals surface area contributed by atoms with Crippen LogP contribution in [0.1, 0.15) is 6.42 Å². The quantitative estimate of drug-likeness (QED) is 0.746. The van der Waals surface area contributed by atoms with Gasteiger partial charge in [0, 0.05) is 5.69 Å². The van der Waals surface area contributed by atoms with Crippen LogP contribution >= 0.6 is 0 Å². The van der Waals surface area contributed by atoms with Crippen LogP contribution < -0.4 is 10.7 Å². The maximum atomic E-state index is 11.9. The second-order valence-corrected chi connectivity index (χ2v) is 4.38. The highest BCUT2D eigenvalue weighted by Gasteiger charge is 2.32. The molecule has 1 saturated heterocycles. The van der Waals surface area contributed by atoms with Gasteiger partial charge in [-0.25, -0.2) is 15.2 Å². The first-order chi connectivity index (χ1) is 10.1. The van der Waals surface area contributed by atoms with Crippen LogP contribution in [0.15, 0.2) is 30.3 Å². The third-order valence-corrected chi connectivity index (χ3v) is 2.80. The van der Waals surface area contributed by atoms with E-state index in [1.54, 1.807) is 24.3 Å². The fourth-order valence-corrected chi connectivity index (χ4v) is 1.86. The summed E-state index contributed by atoms with van der Waals surface area (Å²) in [6, 6.07) is 8.16. The number of benzene rings is 1. The molecule has 3 amide bonds. The van der Waals surface area contributed by atoms with Crippen molar-refractivity contribution in [2.24, 2.45) is 0 Å².